The van der Waals surface area contributed by atoms with Crippen molar-refractivity contribution in [2.75, 3.05) is 6.54 Å². The van der Waals surface area contributed by atoms with E-state index in [0.717, 1.165) is 18.5 Å². The van der Waals surface area contributed by atoms with Gasteiger partial charge in [-0.3, -0.25) is 0 Å². The average Bonchev–Trinajstić information content (AvgIpc) is 2.93. The van der Waals surface area contributed by atoms with Crippen LogP contribution in [0.2, 0.25) is 10.0 Å². The summed E-state index contributed by atoms with van der Waals surface area (Å²) < 4.78 is 2.28. The molecular weight excluding hydrogens is 327 g/mol. The van der Waals surface area contributed by atoms with Crippen LogP contribution < -0.4 is 5.73 Å². The molecule has 23 heavy (non-hydrogen) atoms. The molecule has 4 heteroatoms. The molecule has 1 heterocycles. The van der Waals surface area contributed by atoms with Crippen LogP contribution in [0.25, 0.3) is 10.9 Å². The van der Waals surface area contributed by atoms with Crippen LogP contribution in [0.5, 0.6) is 0 Å². The molecule has 0 spiro atoms. The summed E-state index contributed by atoms with van der Waals surface area (Å²) in [6, 6.07) is 14.2. The number of halogens is 2. The molecule has 1 unspecified atom stereocenters. The van der Waals surface area contributed by atoms with E-state index >= 15 is 0 Å². The lowest BCUT2D eigenvalue weighted by Gasteiger charge is -2.17. The molecule has 1 aromatic heterocycles. The molecule has 0 amide bonds. The lowest BCUT2D eigenvalue weighted by Crippen LogP contribution is -2.15. The van der Waals surface area contributed by atoms with Gasteiger partial charge in [0, 0.05) is 29.6 Å². The van der Waals surface area contributed by atoms with Gasteiger partial charge >= 0.3 is 0 Å². The van der Waals surface area contributed by atoms with Gasteiger partial charge in [0.15, 0.2) is 0 Å². The molecule has 2 aromatic carbocycles. The lowest BCUT2D eigenvalue weighted by atomic mass is 9.92. The molecule has 3 rings (SSSR count). The van der Waals surface area contributed by atoms with Crippen LogP contribution >= 0.6 is 23.2 Å². The molecular formula is C19H20Cl2N2. The number of hydrogen-bond acceptors (Lipinski definition) is 1. The number of nitrogens with zero attached hydrogens (tertiary/aromatic N) is 1. The van der Waals surface area contributed by atoms with Crippen LogP contribution in [0.3, 0.4) is 0 Å². The number of fused-ring (bicyclic) bond motifs is 1. The first-order chi connectivity index (χ1) is 11.2. The Balaban J connectivity index is 2.01. The Hall–Kier alpha value is -1.48. The van der Waals surface area contributed by atoms with Crippen molar-refractivity contribution in [3.8, 4) is 0 Å². The minimum Gasteiger partial charge on any atom is -0.347 e. The topological polar surface area (TPSA) is 30.9 Å². The molecule has 3 aromatic rings. The highest BCUT2D eigenvalue weighted by atomic mass is 35.5. The minimum atomic E-state index is 0.150. The third kappa shape index (κ3) is 3.12. The van der Waals surface area contributed by atoms with E-state index in [4.69, 9.17) is 28.9 Å². The molecule has 0 saturated carbocycles. The standard InChI is InChI=1S/C19H20Cl2N2/c1-2-23-12-14(15-6-3-4-9-18(15)23)10-13(11-22)16-7-5-8-17(20)19(16)21/h3-9,12-13H,2,10-11,22H2,1H3. The fraction of sp³-hybridized carbons (Fsp3) is 0.263. The van der Waals surface area contributed by atoms with Crippen LogP contribution in [0.1, 0.15) is 24.0 Å². The molecule has 1 atom stereocenters. The summed E-state index contributed by atoms with van der Waals surface area (Å²) in [7, 11) is 0. The van der Waals surface area contributed by atoms with Gasteiger partial charge in [-0.2, -0.15) is 0 Å². The molecule has 0 aliphatic carbocycles. The molecule has 0 radical (unpaired) electrons. The van der Waals surface area contributed by atoms with E-state index in [1.165, 1.54) is 16.5 Å². The molecule has 2 nitrogen and oxygen atoms in total. The second kappa shape index (κ2) is 6.96. The molecule has 2 N–H and O–H groups in total. The normalized spacial score (nSPS) is 12.7. The van der Waals surface area contributed by atoms with Gasteiger partial charge in [0.1, 0.15) is 0 Å². The number of nitrogens with two attached hydrogens (primary N) is 1. The van der Waals surface area contributed by atoms with E-state index in [0.29, 0.717) is 16.6 Å². The summed E-state index contributed by atoms with van der Waals surface area (Å²) in [5.41, 5.74) is 9.63. The van der Waals surface area contributed by atoms with Crippen LogP contribution in [0.4, 0.5) is 0 Å². The van der Waals surface area contributed by atoms with Gasteiger partial charge in [0.2, 0.25) is 0 Å². The quantitative estimate of drug-likeness (QED) is 0.671. The van der Waals surface area contributed by atoms with E-state index in [2.05, 4.69) is 42.0 Å². The highest BCUT2D eigenvalue weighted by molar-refractivity contribution is 6.42. The van der Waals surface area contributed by atoms with Gasteiger partial charge in [-0.25, -0.2) is 0 Å². The predicted molar refractivity (Wildman–Crippen MR) is 99.6 cm³/mol. The van der Waals surface area contributed by atoms with Crippen molar-refractivity contribution < 1.29 is 0 Å². The first kappa shape index (κ1) is 16.4. The monoisotopic (exact) mass is 346 g/mol. The van der Waals surface area contributed by atoms with Gasteiger partial charge in [-0.15, -0.1) is 0 Å². The largest absolute Gasteiger partial charge is 0.347 e. The number of para-hydroxylation sites is 1. The number of rotatable bonds is 5. The first-order valence-corrected chi connectivity index (χ1v) is 8.62. The number of aryl methyl sites for hydroxylation is 1. The summed E-state index contributed by atoms with van der Waals surface area (Å²) >= 11 is 12.6. The van der Waals surface area contributed by atoms with Gasteiger partial charge in [0.25, 0.3) is 0 Å². The van der Waals surface area contributed by atoms with Gasteiger partial charge in [0.05, 0.1) is 10.0 Å². The Kier molecular flexibility index (Phi) is 4.96. The summed E-state index contributed by atoms with van der Waals surface area (Å²) in [6.07, 6.45) is 3.08. The van der Waals surface area contributed by atoms with Crippen LogP contribution in [-0.2, 0) is 13.0 Å². The molecule has 0 aliphatic heterocycles. The van der Waals surface area contributed by atoms with Gasteiger partial charge < -0.3 is 10.3 Å². The number of hydrogen-bond donors (Lipinski definition) is 1. The summed E-state index contributed by atoms with van der Waals surface area (Å²) in [6.45, 7) is 3.64. The van der Waals surface area contributed by atoms with Gasteiger partial charge in [-0.05, 0) is 43.1 Å². The molecule has 120 valence electrons. The third-order valence-electron chi connectivity index (χ3n) is 4.38. The zero-order valence-corrected chi connectivity index (χ0v) is 14.6. The predicted octanol–water partition coefficient (Wildman–Crippen LogP) is 5.25. The van der Waals surface area contributed by atoms with Crippen molar-refractivity contribution in [3.63, 3.8) is 0 Å². The van der Waals surface area contributed by atoms with Crippen molar-refractivity contribution in [1.29, 1.82) is 0 Å². The first-order valence-electron chi connectivity index (χ1n) is 7.86. The van der Waals surface area contributed by atoms with Crippen molar-refractivity contribution in [2.45, 2.75) is 25.8 Å². The lowest BCUT2D eigenvalue weighted by molar-refractivity contribution is 0.692. The Bertz CT molecular complexity index is 823. The molecule has 0 bridgehead atoms. The second-order valence-corrected chi connectivity index (χ2v) is 6.52. The van der Waals surface area contributed by atoms with E-state index in [1.54, 1.807) is 0 Å². The Morgan fingerprint density at radius 2 is 1.87 bits per heavy atom. The van der Waals surface area contributed by atoms with E-state index in [-0.39, 0.29) is 5.92 Å². The number of benzene rings is 2. The molecule has 0 saturated heterocycles. The SMILES string of the molecule is CCn1cc(CC(CN)c2cccc(Cl)c2Cl)c2ccccc21. The smallest absolute Gasteiger partial charge is 0.0627 e. The highest BCUT2D eigenvalue weighted by Gasteiger charge is 2.18. The second-order valence-electron chi connectivity index (χ2n) is 5.74. The Morgan fingerprint density at radius 3 is 2.61 bits per heavy atom. The number of aromatic nitrogens is 1. The van der Waals surface area contributed by atoms with Crippen LogP contribution in [0.15, 0.2) is 48.7 Å². The fourth-order valence-electron chi connectivity index (χ4n) is 3.17. The van der Waals surface area contributed by atoms with E-state index < -0.39 is 0 Å². The van der Waals surface area contributed by atoms with E-state index in [9.17, 15) is 0 Å². The molecule has 0 aliphatic rings. The van der Waals surface area contributed by atoms with Crippen molar-refractivity contribution in [3.05, 3.63) is 69.8 Å². The summed E-state index contributed by atoms with van der Waals surface area (Å²) in [5, 5.41) is 2.48. The van der Waals surface area contributed by atoms with Crippen molar-refractivity contribution >= 4 is 34.1 Å². The maximum Gasteiger partial charge on any atom is 0.0627 e. The summed E-state index contributed by atoms with van der Waals surface area (Å²) in [5.74, 6) is 0.150. The van der Waals surface area contributed by atoms with Gasteiger partial charge in [-0.1, -0.05) is 53.5 Å². The average molecular weight is 347 g/mol. The van der Waals surface area contributed by atoms with Crippen LogP contribution in [0, 0.1) is 0 Å². The van der Waals surface area contributed by atoms with Crippen LogP contribution in [-0.4, -0.2) is 11.1 Å². The zero-order valence-electron chi connectivity index (χ0n) is 13.1. The van der Waals surface area contributed by atoms with Crippen molar-refractivity contribution in [1.82, 2.24) is 4.57 Å². The van der Waals surface area contributed by atoms with E-state index in [1.807, 2.05) is 18.2 Å². The minimum absolute atomic E-state index is 0.150. The zero-order chi connectivity index (χ0) is 16.4. The van der Waals surface area contributed by atoms with Crippen molar-refractivity contribution in [2.24, 2.45) is 5.73 Å². The highest BCUT2D eigenvalue weighted by Crippen LogP contribution is 2.34. The summed E-state index contributed by atoms with van der Waals surface area (Å²) in [4.78, 5) is 0. The molecule has 0 fully saturated rings. The Labute approximate surface area is 146 Å². The fourth-order valence-corrected chi connectivity index (χ4v) is 3.63. The maximum atomic E-state index is 6.39. The Morgan fingerprint density at radius 1 is 1.09 bits per heavy atom. The maximum absolute atomic E-state index is 6.39. The third-order valence-corrected chi connectivity index (χ3v) is 5.22.